The maximum Gasteiger partial charge on any atom is 0.0778 e. The minimum atomic E-state index is 0.308. The molecule has 1 aliphatic heterocycles. The lowest BCUT2D eigenvalue weighted by Crippen LogP contribution is -2.12. The number of thiophene rings is 1. The van der Waals surface area contributed by atoms with E-state index in [-0.39, 0.29) is 0 Å². The predicted octanol–water partition coefficient (Wildman–Crippen LogP) is 3.39. The monoisotopic (exact) mass is 277 g/mol. The van der Waals surface area contributed by atoms with E-state index in [1.165, 1.54) is 11.3 Å². The summed E-state index contributed by atoms with van der Waals surface area (Å²) < 4.78 is 7.53. The Balaban J connectivity index is 1.75. The lowest BCUT2D eigenvalue weighted by Gasteiger charge is -2.15. The Hall–Kier alpha value is -1.33. The molecule has 1 fully saturated rings. The average Bonchev–Trinajstić information content (AvgIpc) is 3.11. The second-order valence-electron chi connectivity index (χ2n) is 5.03. The van der Waals surface area contributed by atoms with Crippen LogP contribution in [0.2, 0.25) is 0 Å². The van der Waals surface area contributed by atoms with Gasteiger partial charge in [-0.2, -0.15) is 16.4 Å². The first-order valence-corrected chi connectivity index (χ1v) is 7.60. The first kappa shape index (κ1) is 12.7. The molecule has 0 aromatic carbocycles. The second-order valence-corrected chi connectivity index (χ2v) is 5.81. The van der Waals surface area contributed by atoms with Crippen molar-refractivity contribution in [1.29, 1.82) is 0 Å². The molecule has 2 aromatic rings. The SMILES string of the molecule is Cc1c(NC(C)c2ccsc2)cnn1C1CCOC1. The number of hydrogen-bond donors (Lipinski definition) is 1. The molecule has 2 aromatic heterocycles. The fraction of sp³-hybridized carbons (Fsp3) is 0.500. The van der Waals surface area contributed by atoms with E-state index < -0.39 is 0 Å². The van der Waals surface area contributed by atoms with Gasteiger partial charge in [-0.25, -0.2) is 0 Å². The molecule has 0 radical (unpaired) electrons. The first-order valence-electron chi connectivity index (χ1n) is 6.66. The van der Waals surface area contributed by atoms with Gasteiger partial charge >= 0.3 is 0 Å². The van der Waals surface area contributed by atoms with Crippen LogP contribution in [0.25, 0.3) is 0 Å². The van der Waals surface area contributed by atoms with E-state index in [9.17, 15) is 0 Å². The molecule has 4 nitrogen and oxygen atoms in total. The quantitative estimate of drug-likeness (QED) is 0.931. The summed E-state index contributed by atoms with van der Waals surface area (Å²) in [6.45, 7) is 5.92. The van der Waals surface area contributed by atoms with Crippen LogP contribution in [0.15, 0.2) is 23.0 Å². The van der Waals surface area contributed by atoms with E-state index in [1.54, 1.807) is 11.3 Å². The summed E-state index contributed by atoms with van der Waals surface area (Å²) in [7, 11) is 0. The Labute approximate surface area is 117 Å². The third-order valence-electron chi connectivity index (χ3n) is 3.71. The van der Waals surface area contributed by atoms with Crippen molar-refractivity contribution in [2.45, 2.75) is 32.4 Å². The normalized spacial score (nSPS) is 20.6. The highest BCUT2D eigenvalue weighted by Crippen LogP contribution is 2.27. The van der Waals surface area contributed by atoms with Crippen LogP contribution in [0.3, 0.4) is 0 Å². The van der Waals surface area contributed by atoms with Crippen LogP contribution in [-0.4, -0.2) is 23.0 Å². The zero-order valence-corrected chi connectivity index (χ0v) is 12.1. The summed E-state index contributed by atoms with van der Waals surface area (Å²) in [5, 5.41) is 12.3. The average molecular weight is 277 g/mol. The Bertz CT molecular complexity index is 529. The van der Waals surface area contributed by atoms with Crippen LogP contribution in [0.5, 0.6) is 0 Å². The van der Waals surface area contributed by atoms with Crippen molar-refractivity contribution in [3.8, 4) is 0 Å². The van der Waals surface area contributed by atoms with Crippen LogP contribution >= 0.6 is 11.3 Å². The maximum atomic E-state index is 5.44. The molecule has 1 saturated heterocycles. The third-order valence-corrected chi connectivity index (χ3v) is 4.41. The van der Waals surface area contributed by atoms with Crippen LogP contribution in [0, 0.1) is 6.92 Å². The molecule has 0 amide bonds. The molecule has 0 saturated carbocycles. The fourth-order valence-electron chi connectivity index (χ4n) is 2.49. The van der Waals surface area contributed by atoms with Gasteiger partial charge in [0.25, 0.3) is 0 Å². The Morgan fingerprint density at radius 1 is 1.58 bits per heavy atom. The summed E-state index contributed by atoms with van der Waals surface area (Å²) in [4.78, 5) is 0. The minimum absolute atomic E-state index is 0.308. The van der Waals surface area contributed by atoms with Crippen LogP contribution < -0.4 is 5.32 Å². The lowest BCUT2D eigenvalue weighted by atomic mass is 10.2. The second kappa shape index (κ2) is 5.35. The number of hydrogen-bond acceptors (Lipinski definition) is 4. The summed E-state index contributed by atoms with van der Waals surface area (Å²) in [5.74, 6) is 0. The molecule has 5 heteroatoms. The Morgan fingerprint density at radius 2 is 2.47 bits per heavy atom. The first-order chi connectivity index (χ1) is 9.25. The molecular weight excluding hydrogens is 258 g/mol. The molecule has 1 aliphatic rings. The van der Waals surface area contributed by atoms with Crippen LogP contribution in [0.4, 0.5) is 5.69 Å². The van der Waals surface area contributed by atoms with E-state index in [1.807, 2.05) is 6.20 Å². The third kappa shape index (κ3) is 2.53. The largest absolute Gasteiger partial charge is 0.379 e. The van der Waals surface area contributed by atoms with E-state index in [0.717, 1.165) is 25.3 Å². The van der Waals surface area contributed by atoms with E-state index in [0.29, 0.717) is 12.1 Å². The molecule has 0 aliphatic carbocycles. The van der Waals surface area contributed by atoms with Crippen molar-refractivity contribution < 1.29 is 4.74 Å². The van der Waals surface area contributed by atoms with Gasteiger partial charge in [-0.3, -0.25) is 4.68 Å². The van der Waals surface area contributed by atoms with Gasteiger partial charge in [0.15, 0.2) is 0 Å². The molecule has 0 bridgehead atoms. The summed E-state index contributed by atoms with van der Waals surface area (Å²) in [5.41, 5.74) is 3.63. The van der Waals surface area contributed by atoms with Crippen LogP contribution in [-0.2, 0) is 4.74 Å². The molecule has 3 heterocycles. The molecule has 19 heavy (non-hydrogen) atoms. The van der Waals surface area contributed by atoms with Crippen molar-refractivity contribution in [3.05, 3.63) is 34.3 Å². The summed E-state index contributed by atoms with van der Waals surface area (Å²) >= 11 is 1.73. The summed E-state index contributed by atoms with van der Waals surface area (Å²) in [6.07, 6.45) is 2.98. The van der Waals surface area contributed by atoms with Crippen molar-refractivity contribution in [2.75, 3.05) is 18.5 Å². The number of aromatic nitrogens is 2. The number of anilines is 1. The van der Waals surface area contributed by atoms with Gasteiger partial charge in [-0.05, 0) is 42.7 Å². The van der Waals surface area contributed by atoms with Gasteiger partial charge in [0.2, 0.25) is 0 Å². The van der Waals surface area contributed by atoms with Crippen molar-refractivity contribution in [3.63, 3.8) is 0 Å². The van der Waals surface area contributed by atoms with Gasteiger partial charge < -0.3 is 10.1 Å². The molecule has 2 unspecified atom stereocenters. The number of nitrogens with one attached hydrogen (secondary N) is 1. The van der Waals surface area contributed by atoms with Crippen molar-refractivity contribution >= 4 is 17.0 Å². The highest BCUT2D eigenvalue weighted by Gasteiger charge is 2.21. The van der Waals surface area contributed by atoms with Gasteiger partial charge in [0.05, 0.1) is 30.2 Å². The number of rotatable bonds is 4. The lowest BCUT2D eigenvalue weighted by molar-refractivity contribution is 0.184. The Morgan fingerprint density at radius 3 is 3.16 bits per heavy atom. The number of nitrogens with zero attached hydrogens (tertiary/aromatic N) is 2. The van der Waals surface area contributed by atoms with Crippen molar-refractivity contribution in [2.24, 2.45) is 0 Å². The van der Waals surface area contributed by atoms with Gasteiger partial charge in [0.1, 0.15) is 0 Å². The number of ether oxygens (including phenoxy) is 1. The highest BCUT2D eigenvalue weighted by atomic mass is 32.1. The Kier molecular flexibility index (Phi) is 3.57. The molecule has 1 N–H and O–H groups in total. The molecule has 0 spiro atoms. The van der Waals surface area contributed by atoms with Crippen LogP contribution in [0.1, 0.15) is 36.7 Å². The van der Waals surface area contributed by atoms with E-state index in [4.69, 9.17) is 4.74 Å². The van der Waals surface area contributed by atoms with E-state index >= 15 is 0 Å². The molecule has 3 rings (SSSR count). The minimum Gasteiger partial charge on any atom is -0.379 e. The zero-order valence-electron chi connectivity index (χ0n) is 11.3. The fourth-order valence-corrected chi connectivity index (χ4v) is 3.24. The van der Waals surface area contributed by atoms with Gasteiger partial charge in [-0.1, -0.05) is 0 Å². The topological polar surface area (TPSA) is 39.1 Å². The highest BCUT2D eigenvalue weighted by molar-refractivity contribution is 7.07. The predicted molar refractivity (Wildman–Crippen MR) is 77.8 cm³/mol. The van der Waals surface area contributed by atoms with E-state index in [2.05, 4.69) is 45.8 Å². The maximum absolute atomic E-state index is 5.44. The van der Waals surface area contributed by atoms with Gasteiger partial charge in [0, 0.05) is 12.6 Å². The molecular formula is C14H19N3OS. The standard InChI is InChI=1S/C14H19N3OS/c1-10(12-4-6-19-9-12)16-14-7-15-17(11(14)2)13-3-5-18-8-13/h4,6-7,9-10,13,16H,3,5,8H2,1-2H3. The summed E-state index contributed by atoms with van der Waals surface area (Å²) in [6, 6.07) is 2.86. The van der Waals surface area contributed by atoms with Gasteiger partial charge in [-0.15, -0.1) is 0 Å². The zero-order chi connectivity index (χ0) is 13.2. The molecule has 2 atom stereocenters. The molecule has 102 valence electrons. The smallest absolute Gasteiger partial charge is 0.0778 e. The van der Waals surface area contributed by atoms with Crippen molar-refractivity contribution in [1.82, 2.24) is 9.78 Å².